The van der Waals surface area contributed by atoms with E-state index in [0.29, 0.717) is 38.3 Å². The van der Waals surface area contributed by atoms with Crippen LogP contribution in [0.1, 0.15) is 36.3 Å². The fourth-order valence-electron chi connectivity index (χ4n) is 5.07. The topological polar surface area (TPSA) is 100 Å². The fraction of sp³-hybridized carbons (Fsp3) is 0.667. The van der Waals surface area contributed by atoms with Crippen LogP contribution in [-0.2, 0) is 26.1 Å². The van der Waals surface area contributed by atoms with Gasteiger partial charge in [-0.25, -0.2) is 12.7 Å². The van der Waals surface area contributed by atoms with Crippen LogP contribution in [0, 0.1) is 11.8 Å². The second-order valence-corrected chi connectivity index (χ2v) is 10.8. The number of carbonyl (C=O) groups excluding carboxylic acids is 2. The number of sulfonamides is 1. The molecule has 0 N–H and O–H groups in total. The minimum Gasteiger partial charge on any atom is -0.379 e. The van der Waals surface area contributed by atoms with E-state index in [1.54, 1.807) is 17.2 Å². The van der Waals surface area contributed by atoms with Gasteiger partial charge in [0.05, 0.1) is 48.7 Å². The van der Waals surface area contributed by atoms with Gasteiger partial charge in [-0.05, 0) is 24.5 Å². The Morgan fingerprint density at radius 1 is 1.22 bits per heavy atom. The lowest BCUT2D eigenvalue weighted by atomic mass is 9.88. The lowest BCUT2D eigenvalue weighted by Gasteiger charge is -2.29. The van der Waals surface area contributed by atoms with E-state index in [9.17, 15) is 18.0 Å². The van der Waals surface area contributed by atoms with Crippen LogP contribution in [0.15, 0.2) is 18.3 Å². The summed E-state index contributed by atoms with van der Waals surface area (Å²) in [5.41, 5.74) is 1.34. The molecule has 3 aliphatic rings. The standard InChI is InChI=1S/C21H30N4O5S.ClH/c1-14(2)18-19-17(25(21(18)27)31(3,28)29)6-7-24(19)20(26)15-4-5-16(22-12-15)13-23-8-10-30-11-9-23;/h4-5,12,14,17-19H,6-11,13H2,1-3H3;1H/t17-,18+,19-;/m0./s1. The van der Waals surface area contributed by atoms with Gasteiger partial charge in [-0.1, -0.05) is 13.8 Å². The zero-order chi connectivity index (χ0) is 22.3. The van der Waals surface area contributed by atoms with Crippen LogP contribution in [-0.4, -0.2) is 90.5 Å². The van der Waals surface area contributed by atoms with E-state index in [0.717, 1.165) is 29.3 Å². The van der Waals surface area contributed by atoms with E-state index in [1.807, 2.05) is 19.9 Å². The largest absolute Gasteiger partial charge is 0.379 e. The van der Waals surface area contributed by atoms with Crippen molar-refractivity contribution in [2.75, 3.05) is 39.1 Å². The Labute approximate surface area is 195 Å². The lowest BCUT2D eigenvalue weighted by Crippen LogP contribution is -2.44. The van der Waals surface area contributed by atoms with E-state index in [2.05, 4.69) is 9.88 Å². The van der Waals surface area contributed by atoms with Crippen LogP contribution in [0.5, 0.6) is 0 Å². The van der Waals surface area contributed by atoms with Crippen molar-refractivity contribution in [2.24, 2.45) is 11.8 Å². The molecule has 178 valence electrons. The van der Waals surface area contributed by atoms with Gasteiger partial charge in [-0.2, -0.15) is 0 Å². The van der Waals surface area contributed by atoms with Crippen molar-refractivity contribution in [1.82, 2.24) is 19.1 Å². The molecule has 3 fully saturated rings. The van der Waals surface area contributed by atoms with Gasteiger partial charge >= 0.3 is 0 Å². The van der Waals surface area contributed by atoms with Crippen LogP contribution in [0.25, 0.3) is 0 Å². The molecule has 0 aromatic carbocycles. The Bertz CT molecular complexity index is 949. The van der Waals surface area contributed by atoms with Gasteiger partial charge in [-0.3, -0.25) is 19.5 Å². The average Bonchev–Trinajstić information content (AvgIpc) is 3.24. The third-order valence-electron chi connectivity index (χ3n) is 6.49. The lowest BCUT2D eigenvalue weighted by molar-refractivity contribution is -0.129. The van der Waals surface area contributed by atoms with E-state index in [4.69, 9.17) is 4.74 Å². The monoisotopic (exact) mass is 486 g/mol. The smallest absolute Gasteiger partial charge is 0.255 e. The maximum atomic E-state index is 13.3. The Hall–Kier alpha value is -1.75. The first-order chi connectivity index (χ1) is 14.7. The SMILES string of the molecule is CC(C)[C@H]1C(=O)N(S(C)(=O)=O)[C@H]2CCN(C(=O)c3ccc(CN4CCOCC4)nc3)[C@H]12.Cl. The third kappa shape index (κ3) is 4.64. The molecule has 9 nitrogen and oxygen atoms in total. The second-order valence-electron chi connectivity index (χ2n) is 8.94. The van der Waals surface area contributed by atoms with Gasteiger partial charge in [0.25, 0.3) is 5.91 Å². The van der Waals surface area contributed by atoms with Crippen LogP contribution >= 0.6 is 12.4 Å². The summed E-state index contributed by atoms with van der Waals surface area (Å²) in [4.78, 5) is 34.6. The van der Waals surface area contributed by atoms with E-state index in [-0.39, 0.29) is 24.2 Å². The number of hydrogen-bond donors (Lipinski definition) is 0. The van der Waals surface area contributed by atoms with Gasteiger partial charge < -0.3 is 9.64 Å². The number of rotatable bonds is 5. The van der Waals surface area contributed by atoms with Gasteiger partial charge in [0.15, 0.2) is 0 Å². The zero-order valence-corrected chi connectivity index (χ0v) is 20.3. The first-order valence-electron chi connectivity index (χ1n) is 10.8. The number of aromatic nitrogens is 1. The Morgan fingerprint density at radius 2 is 1.91 bits per heavy atom. The molecule has 3 atom stereocenters. The summed E-state index contributed by atoms with van der Waals surface area (Å²) in [5, 5.41) is 0. The molecule has 32 heavy (non-hydrogen) atoms. The number of likely N-dealkylation sites (tertiary alicyclic amines) is 1. The highest BCUT2D eigenvalue weighted by Crippen LogP contribution is 2.41. The Balaban J connectivity index is 0.00000289. The molecular weight excluding hydrogens is 456 g/mol. The number of carbonyl (C=O) groups is 2. The minimum absolute atomic E-state index is 0. The van der Waals surface area contributed by atoms with Crippen molar-refractivity contribution < 1.29 is 22.7 Å². The normalized spacial score (nSPS) is 26.4. The number of amides is 2. The zero-order valence-electron chi connectivity index (χ0n) is 18.6. The number of pyridine rings is 1. The molecular formula is C21H31ClN4O5S. The van der Waals surface area contributed by atoms with Crippen molar-refractivity contribution >= 4 is 34.2 Å². The van der Waals surface area contributed by atoms with Gasteiger partial charge in [-0.15, -0.1) is 12.4 Å². The quantitative estimate of drug-likeness (QED) is 0.611. The van der Waals surface area contributed by atoms with Crippen LogP contribution in [0.3, 0.4) is 0 Å². The molecule has 0 radical (unpaired) electrons. The molecule has 3 saturated heterocycles. The number of hydrogen-bond acceptors (Lipinski definition) is 7. The molecule has 11 heteroatoms. The van der Waals surface area contributed by atoms with Gasteiger partial charge in [0, 0.05) is 32.4 Å². The van der Waals surface area contributed by atoms with Crippen molar-refractivity contribution in [3.8, 4) is 0 Å². The first kappa shape index (κ1) is 24.9. The summed E-state index contributed by atoms with van der Waals surface area (Å²) in [6.45, 7) is 8.08. The minimum atomic E-state index is -3.69. The Morgan fingerprint density at radius 3 is 2.47 bits per heavy atom. The second kappa shape index (κ2) is 9.62. The Kier molecular flexibility index (Phi) is 7.48. The van der Waals surface area contributed by atoms with Gasteiger partial charge in [0.2, 0.25) is 15.9 Å². The summed E-state index contributed by atoms with van der Waals surface area (Å²) in [6.07, 6.45) is 3.11. The van der Waals surface area contributed by atoms with E-state index >= 15 is 0 Å². The molecule has 0 aliphatic carbocycles. The number of morpholine rings is 1. The van der Waals surface area contributed by atoms with Crippen molar-refractivity contribution in [1.29, 1.82) is 0 Å². The molecule has 4 heterocycles. The average molecular weight is 487 g/mol. The molecule has 3 aliphatic heterocycles. The summed E-state index contributed by atoms with van der Waals surface area (Å²) < 4.78 is 30.9. The number of halogens is 1. The van der Waals surface area contributed by atoms with Crippen molar-refractivity contribution in [3.63, 3.8) is 0 Å². The van der Waals surface area contributed by atoms with Crippen molar-refractivity contribution in [3.05, 3.63) is 29.6 Å². The summed E-state index contributed by atoms with van der Waals surface area (Å²) in [6, 6.07) is 2.70. The molecule has 0 unspecified atom stereocenters. The molecule has 4 rings (SSSR count). The third-order valence-corrected chi connectivity index (χ3v) is 7.65. The highest BCUT2D eigenvalue weighted by Gasteiger charge is 2.58. The summed E-state index contributed by atoms with van der Waals surface area (Å²) in [7, 11) is -3.69. The van der Waals surface area contributed by atoms with Crippen LogP contribution in [0.4, 0.5) is 0 Å². The van der Waals surface area contributed by atoms with Crippen LogP contribution in [0.2, 0.25) is 0 Å². The number of ether oxygens (including phenoxy) is 1. The predicted octanol–water partition coefficient (Wildman–Crippen LogP) is 0.993. The summed E-state index contributed by atoms with van der Waals surface area (Å²) in [5.74, 6) is -1.20. The van der Waals surface area contributed by atoms with Crippen molar-refractivity contribution in [2.45, 2.75) is 38.9 Å². The molecule has 0 spiro atoms. The number of nitrogens with zero attached hydrogens (tertiary/aromatic N) is 4. The molecule has 0 bridgehead atoms. The van der Waals surface area contributed by atoms with E-state index in [1.165, 1.54) is 0 Å². The van der Waals surface area contributed by atoms with Crippen LogP contribution < -0.4 is 0 Å². The summed E-state index contributed by atoms with van der Waals surface area (Å²) >= 11 is 0. The predicted molar refractivity (Wildman–Crippen MR) is 121 cm³/mol. The maximum Gasteiger partial charge on any atom is 0.255 e. The fourth-order valence-corrected chi connectivity index (χ4v) is 6.24. The number of fused-ring (bicyclic) bond motifs is 1. The molecule has 2 amide bonds. The molecule has 1 aromatic heterocycles. The first-order valence-corrected chi connectivity index (χ1v) is 12.6. The molecule has 1 aromatic rings. The maximum absolute atomic E-state index is 13.3. The highest BCUT2D eigenvalue weighted by molar-refractivity contribution is 7.88. The molecule has 0 saturated carbocycles. The van der Waals surface area contributed by atoms with E-state index < -0.39 is 33.9 Å². The van der Waals surface area contributed by atoms with Gasteiger partial charge in [0.1, 0.15) is 0 Å². The highest BCUT2D eigenvalue weighted by atomic mass is 35.5.